The Morgan fingerprint density at radius 1 is 1.08 bits per heavy atom. The predicted molar refractivity (Wildman–Crippen MR) is 95.3 cm³/mol. The van der Waals surface area contributed by atoms with Crippen LogP contribution in [0, 0.1) is 0 Å². The van der Waals surface area contributed by atoms with Gasteiger partial charge in [-0.25, -0.2) is 0 Å². The number of nitrogen functional groups attached to an aromatic ring is 1. The van der Waals surface area contributed by atoms with Gasteiger partial charge in [0.2, 0.25) is 0 Å². The minimum atomic E-state index is -4.65. The molecule has 126 valence electrons. The predicted octanol–water partition coefficient (Wildman–Crippen LogP) is 1.07. The van der Waals surface area contributed by atoms with E-state index < -0.39 is 32.3 Å². The summed E-state index contributed by atoms with van der Waals surface area (Å²) < 4.78 is 32.5. The Morgan fingerprint density at radius 3 is 2.08 bits per heavy atom. The molecular weight excluding hydrogens is 355 g/mol. The number of carbonyl (C=O) groups excluding carboxylic acids is 2. The third kappa shape index (κ3) is 3.11. The molecule has 0 heterocycles. The van der Waals surface area contributed by atoms with E-state index in [1.54, 1.807) is 19.1 Å². The van der Waals surface area contributed by atoms with Crippen LogP contribution in [0.25, 0.3) is 0 Å². The summed E-state index contributed by atoms with van der Waals surface area (Å²) in [5.74, 6) is -0.980. The van der Waals surface area contributed by atoms with Crippen LogP contribution >= 0.6 is 0 Å². The van der Waals surface area contributed by atoms with Crippen LogP contribution in [0.3, 0.4) is 0 Å². The second kappa shape index (κ2) is 6.89. The van der Waals surface area contributed by atoms with Crippen molar-refractivity contribution in [2.45, 2.75) is 11.8 Å². The third-order valence-electron chi connectivity index (χ3n) is 3.85. The zero-order valence-corrected chi connectivity index (χ0v) is 13.5. The van der Waals surface area contributed by atoms with E-state index in [9.17, 15) is 22.6 Å². The summed E-state index contributed by atoms with van der Waals surface area (Å²) in [7, 11) is -4.65. The Morgan fingerprint density at radius 2 is 1.60 bits per heavy atom. The summed E-state index contributed by atoms with van der Waals surface area (Å²) in [6, 6.07) is 7.32. The van der Waals surface area contributed by atoms with Gasteiger partial charge in [-0.3, -0.25) is 14.1 Å². The van der Waals surface area contributed by atoms with E-state index in [4.69, 9.17) is 5.73 Å². The standard InChI is InChI=1S/C16H14N2O5S.Na.H/c1-2-18-10-7-11(24(21,22)23)14(17)13-12(10)15(19)8-5-3-4-6-9(8)16(13)20;;/h3-7,18H,2,17H2,1H3,(H,21,22,23);;. The van der Waals surface area contributed by atoms with Crippen LogP contribution in [-0.4, -0.2) is 60.6 Å². The number of anilines is 2. The number of fused-ring (bicyclic) bond motifs is 2. The van der Waals surface area contributed by atoms with Gasteiger partial charge in [0.25, 0.3) is 10.1 Å². The molecule has 0 aliphatic heterocycles. The Labute approximate surface area is 166 Å². The minimum absolute atomic E-state index is 0. The number of hydrogen-bond donors (Lipinski definition) is 3. The van der Waals surface area contributed by atoms with Gasteiger partial charge in [-0.2, -0.15) is 8.42 Å². The zero-order valence-electron chi connectivity index (χ0n) is 12.7. The summed E-state index contributed by atoms with van der Waals surface area (Å²) in [4.78, 5) is 25.0. The van der Waals surface area contributed by atoms with E-state index in [-0.39, 0.29) is 57.5 Å². The van der Waals surface area contributed by atoms with Crippen LogP contribution in [0.2, 0.25) is 0 Å². The number of ketones is 2. The van der Waals surface area contributed by atoms with Gasteiger partial charge < -0.3 is 11.1 Å². The number of rotatable bonds is 3. The van der Waals surface area contributed by atoms with Crippen LogP contribution in [0.15, 0.2) is 35.2 Å². The van der Waals surface area contributed by atoms with E-state index in [0.29, 0.717) is 6.54 Å². The maximum absolute atomic E-state index is 12.8. The van der Waals surface area contributed by atoms with E-state index in [1.165, 1.54) is 12.1 Å². The van der Waals surface area contributed by atoms with Gasteiger partial charge in [-0.1, -0.05) is 24.3 Å². The first-order chi connectivity index (χ1) is 11.3. The SMILES string of the molecule is CCNc1cc(S(=O)(=O)O)c(N)c2c1C(=O)c1ccccc1C2=O.[NaH]. The molecule has 0 bridgehead atoms. The van der Waals surface area contributed by atoms with Crippen molar-refractivity contribution in [1.82, 2.24) is 0 Å². The van der Waals surface area contributed by atoms with Crippen molar-refractivity contribution in [1.29, 1.82) is 0 Å². The summed E-state index contributed by atoms with van der Waals surface area (Å²) in [6.45, 7) is 2.13. The zero-order chi connectivity index (χ0) is 17.6. The van der Waals surface area contributed by atoms with Crippen LogP contribution in [0.5, 0.6) is 0 Å². The topological polar surface area (TPSA) is 127 Å². The molecule has 0 atom stereocenters. The van der Waals surface area contributed by atoms with Crippen LogP contribution < -0.4 is 11.1 Å². The van der Waals surface area contributed by atoms with Crippen molar-refractivity contribution < 1.29 is 22.6 Å². The van der Waals surface area contributed by atoms with Crippen molar-refractivity contribution in [3.8, 4) is 0 Å². The van der Waals surface area contributed by atoms with Gasteiger partial charge in [-0.05, 0) is 13.0 Å². The van der Waals surface area contributed by atoms with Gasteiger partial charge in [0, 0.05) is 23.4 Å². The van der Waals surface area contributed by atoms with Gasteiger partial charge in [0.15, 0.2) is 11.6 Å². The van der Waals surface area contributed by atoms with Crippen molar-refractivity contribution in [3.63, 3.8) is 0 Å². The average Bonchev–Trinajstić information content (AvgIpc) is 2.53. The van der Waals surface area contributed by atoms with Crippen LogP contribution in [-0.2, 0) is 10.1 Å². The van der Waals surface area contributed by atoms with Crippen molar-refractivity contribution in [2.24, 2.45) is 0 Å². The molecule has 1 aliphatic carbocycles. The van der Waals surface area contributed by atoms with Crippen molar-refractivity contribution >= 4 is 62.6 Å². The molecule has 0 aromatic heterocycles. The molecule has 0 radical (unpaired) electrons. The fraction of sp³-hybridized carbons (Fsp3) is 0.125. The third-order valence-corrected chi connectivity index (χ3v) is 4.74. The van der Waals surface area contributed by atoms with Gasteiger partial charge >= 0.3 is 29.6 Å². The molecule has 0 saturated heterocycles. The second-order valence-corrected chi connectivity index (χ2v) is 6.69. The molecule has 0 unspecified atom stereocenters. The number of nitrogens with one attached hydrogen (secondary N) is 1. The van der Waals surface area contributed by atoms with E-state index in [2.05, 4.69) is 5.32 Å². The first-order valence-electron chi connectivity index (χ1n) is 7.13. The molecular formula is C16H15N2NaO5S. The molecule has 1 aliphatic rings. The van der Waals surface area contributed by atoms with Gasteiger partial charge in [0.05, 0.1) is 16.8 Å². The monoisotopic (exact) mass is 370 g/mol. The Hall–Kier alpha value is -1.71. The van der Waals surface area contributed by atoms with Crippen molar-refractivity contribution in [2.75, 3.05) is 17.6 Å². The first-order valence-corrected chi connectivity index (χ1v) is 8.57. The summed E-state index contributed by atoms with van der Waals surface area (Å²) in [5.41, 5.74) is 5.73. The first kappa shape index (κ1) is 19.6. The normalized spacial score (nSPS) is 12.9. The summed E-state index contributed by atoms with van der Waals surface area (Å²) >= 11 is 0. The molecule has 0 fully saturated rings. The number of nitrogens with two attached hydrogens (primary N) is 1. The van der Waals surface area contributed by atoms with Crippen molar-refractivity contribution in [3.05, 3.63) is 52.6 Å². The van der Waals surface area contributed by atoms with Crippen LogP contribution in [0.1, 0.15) is 38.8 Å². The number of hydrogen-bond acceptors (Lipinski definition) is 6. The molecule has 0 saturated carbocycles. The molecule has 2 aromatic carbocycles. The fourth-order valence-electron chi connectivity index (χ4n) is 2.84. The summed E-state index contributed by atoms with van der Waals surface area (Å²) in [6.07, 6.45) is 0. The molecule has 0 amide bonds. The molecule has 7 nitrogen and oxygen atoms in total. The number of carbonyl (C=O) groups is 2. The van der Waals surface area contributed by atoms with E-state index >= 15 is 0 Å². The van der Waals surface area contributed by atoms with E-state index in [0.717, 1.165) is 6.07 Å². The molecule has 2 aromatic rings. The van der Waals surface area contributed by atoms with E-state index in [1.807, 2.05) is 0 Å². The number of benzene rings is 2. The Kier molecular flexibility index (Phi) is 5.41. The maximum atomic E-state index is 12.8. The Balaban J connectivity index is 0.00000225. The quantitative estimate of drug-likeness (QED) is 0.358. The molecule has 9 heteroatoms. The molecule has 25 heavy (non-hydrogen) atoms. The second-order valence-electron chi connectivity index (χ2n) is 5.30. The average molecular weight is 370 g/mol. The molecule has 0 spiro atoms. The summed E-state index contributed by atoms with van der Waals surface area (Å²) in [5, 5.41) is 2.85. The van der Waals surface area contributed by atoms with Gasteiger partial charge in [0.1, 0.15) is 4.90 Å². The molecule has 4 N–H and O–H groups in total. The fourth-order valence-corrected chi connectivity index (χ4v) is 3.48. The van der Waals surface area contributed by atoms with Gasteiger partial charge in [-0.15, -0.1) is 0 Å². The molecule has 3 rings (SSSR count). The van der Waals surface area contributed by atoms with Crippen LogP contribution in [0.4, 0.5) is 11.4 Å². The Bertz CT molecular complexity index is 1000.